The molecular weight excluding hydrogens is 260 g/mol. The van der Waals surface area contributed by atoms with Crippen LogP contribution in [0, 0.1) is 5.92 Å². The summed E-state index contributed by atoms with van der Waals surface area (Å²) in [6.45, 7) is 5.06. The molecule has 2 fully saturated rings. The second-order valence-corrected chi connectivity index (χ2v) is 7.05. The molecule has 2 amide bonds. The summed E-state index contributed by atoms with van der Waals surface area (Å²) in [4.78, 5) is 26.0. The highest BCUT2D eigenvalue weighted by Crippen LogP contribution is 2.26. The number of hydrogen-bond acceptors (Lipinski definition) is 3. The quantitative estimate of drug-likeness (QED) is 0.854. The van der Waals surface area contributed by atoms with E-state index in [1.165, 1.54) is 25.0 Å². The van der Waals surface area contributed by atoms with Crippen LogP contribution in [0.15, 0.2) is 0 Å². The molecule has 0 radical (unpaired) electrons. The molecule has 0 bridgehead atoms. The van der Waals surface area contributed by atoms with E-state index in [2.05, 4.69) is 12.2 Å². The molecule has 2 saturated heterocycles. The van der Waals surface area contributed by atoms with Gasteiger partial charge in [0.2, 0.25) is 11.8 Å². The Kier molecular flexibility index (Phi) is 5.13. The van der Waals surface area contributed by atoms with E-state index in [-0.39, 0.29) is 30.3 Å². The normalized spacial score (nSPS) is 30.1. The Morgan fingerprint density at radius 2 is 2.21 bits per heavy atom. The van der Waals surface area contributed by atoms with Gasteiger partial charge in [0.1, 0.15) is 6.04 Å². The highest BCUT2D eigenvalue weighted by molar-refractivity contribution is 7.99. The summed E-state index contributed by atoms with van der Waals surface area (Å²) in [6.07, 6.45) is 4.61. The summed E-state index contributed by atoms with van der Waals surface area (Å²) in [5.41, 5.74) is 0. The first-order chi connectivity index (χ1) is 9.11. The van der Waals surface area contributed by atoms with Crippen molar-refractivity contribution in [1.29, 1.82) is 0 Å². The average Bonchev–Trinajstić information content (AvgIpc) is 2.42. The maximum absolute atomic E-state index is 12.4. The SMILES string of the molecule is CCC(C)C1NC(=O)CN(CC2CCCCS2)C1=O. The predicted molar refractivity (Wildman–Crippen MR) is 78.1 cm³/mol. The van der Waals surface area contributed by atoms with E-state index in [1.54, 1.807) is 4.90 Å². The van der Waals surface area contributed by atoms with Crippen molar-refractivity contribution in [3.63, 3.8) is 0 Å². The third kappa shape index (κ3) is 3.65. The largest absolute Gasteiger partial charge is 0.342 e. The molecule has 3 atom stereocenters. The molecule has 0 aromatic rings. The van der Waals surface area contributed by atoms with Gasteiger partial charge in [-0.25, -0.2) is 0 Å². The van der Waals surface area contributed by atoms with Crippen molar-refractivity contribution in [2.75, 3.05) is 18.8 Å². The number of nitrogens with zero attached hydrogens (tertiary/aromatic N) is 1. The molecular formula is C14H24N2O2S. The summed E-state index contributed by atoms with van der Waals surface area (Å²) < 4.78 is 0. The highest BCUT2D eigenvalue weighted by Gasteiger charge is 2.36. The maximum Gasteiger partial charge on any atom is 0.245 e. The van der Waals surface area contributed by atoms with Gasteiger partial charge in [0, 0.05) is 11.8 Å². The molecule has 4 nitrogen and oxygen atoms in total. The van der Waals surface area contributed by atoms with Crippen LogP contribution in [-0.4, -0.2) is 46.8 Å². The van der Waals surface area contributed by atoms with Crippen LogP contribution in [0.1, 0.15) is 39.5 Å². The van der Waals surface area contributed by atoms with Gasteiger partial charge in [0.15, 0.2) is 0 Å². The lowest BCUT2D eigenvalue weighted by Gasteiger charge is -2.37. The molecule has 5 heteroatoms. The van der Waals surface area contributed by atoms with Gasteiger partial charge in [-0.2, -0.15) is 11.8 Å². The summed E-state index contributed by atoms with van der Waals surface area (Å²) in [7, 11) is 0. The number of thioether (sulfide) groups is 1. The van der Waals surface area contributed by atoms with Gasteiger partial charge >= 0.3 is 0 Å². The van der Waals surface area contributed by atoms with Crippen molar-refractivity contribution < 1.29 is 9.59 Å². The summed E-state index contributed by atoms with van der Waals surface area (Å²) in [5.74, 6) is 1.50. The Balaban J connectivity index is 1.98. The molecule has 2 rings (SSSR count). The molecule has 108 valence electrons. The molecule has 3 unspecified atom stereocenters. The van der Waals surface area contributed by atoms with Crippen molar-refractivity contribution >= 4 is 23.6 Å². The van der Waals surface area contributed by atoms with E-state index >= 15 is 0 Å². The van der Waals surface area contributed by atoms with Gasteiger partial charge in [0.05, 0.1) is 6.54 Å². The van der Waals surface area contributed by atoms with E-state index < -0.39 is 0 Å². The predicted octanol–water partition coefficient (Wildman–Crippen LogP) is 1.65. The van der Waals surface area contributed by atoms with E-state index in [9.17, 15) is 9.59 Å². The van der Waals surface area contributed by atoms with Crippen LogP contribution in [0.5, 0.6) is 0 Å². The second-order valence-electron chi connectivity index (χ2n) is 5.64. The van der Waals surface area contributed by atoms with Gasteiger partial charge in [-0.1, -0.05) is 26.7 Å². The van der Waals surface area contributed by atoms with Crippen LogP contribution >= 0.6 is 11.8 Å². The lowest BCUT2D eigenvalue weighted by atomic mass is 9.96. The van der Waals surface area contributed by atoms with Crippen molar-refractivity contribution in [3.05, 3.63) is 0 Å². The Morgan fingerprint density at radius 1 is 1.42 bits per heavy atom. The van der Waals surface area contributed by atoms with Gasteiger partial charge in [-0.05, 0) is 24.5 Å². The number of rotatable bonds is 4. The first-order valence-corrected chi connectivity index (χ1v) is 8.36. The smallest absolute Gasteiger partial charge is 0.245 e. The van der Waals surface area contributed by atoms with Crippen LogP contribution in [0.4, 0.5) is 0 Å². The fourth-order valence-corrected chi connectivity index (χ4v) is 4.02. The molecule has 2 aliphatic rings. The van der Waals surface area contributed by atoms with Crippen LogP contribution in [-0.2, 0) is 9.59 Å². The average molecular weight is 284 g/mol. The van der Waals surface area contributed by atoms with Gasteiger partial charge in [0.25, 0.3) is 0 Å². The zero-order valence-corrected chi connectivity index (χ0v) is 12.7. The Morgan fingerprint density at radius 3 is 2.84 bits per heavy atom. The molecule has 0 saturated carbocycles. The molecule has 1 N–H and O–H groups in total. The van der Waals surface area contributed by atoms with Crippen molar-refractivity contribution in [2.45, 2.75) is 50.8 Å². The van der Waals surface area contributed by atoms with Crippen molar-refractivity contribution in [1.82, 2.24) is 10.2 Å². The number of hydrogen-bond donors (Lipinski definition) is 1. The first kappa shape index (κ1) is 14.7. The fourth-order valence-electron chi connectivity index (χ4n) is 2.70. The molecule has 0 aromatic heterocycles. The lowest BCUT2D eigenvalue weighted by molar-refractivity contribution is -0.145. The number of piperazine rings is 1. The number of carbonyl (C=O) groups excluding carboxylic acids is 2. The molecule has 19 heavy (non-hydrogen) atoms. The molecule has 2 aliphatic heterocycles. The molecule has 2 heterocycles. The zero-order chi connectivity index (χ0) is 13.8. The van der Waals surface area contributed by atoms with Crippen molar-refractivity contribution in [2.24, 2.45) is 5.92 Å². The van der Waals surface area contributed by atoms with Crippen LogP contribution < -0.4 is 5.32 Å². The van der Waals surface area contributed by atoms with Crippen LogP contribution in [0.2, 0.25) is 0 Å². The van der Waals surface area contributed by atoms with Gasteiger partial charge in [-0.3, -0.25) is 9.59 Å². The number of nitrogens with one attached hydrogen (secondary N) is 1. The zero-order valence-electron chi connectivity index (χ0n) is 11.9. The van der Waals surface area contributed by atoms with Crippen LogP contribution in [0.3, 0.4) is 0 Å². The molecule has 0 aromatic carbocycles. The van der Waals surface area contributed by atoms with E-state index in [0.29, 0.717) is 5.25 Å². The number of carbonyl (C=O) groups is 2. The minimum absolute atomic E-state index is 0.00860. The standard InChI is InChI=1S/C14H24N2O2S/c1-3-10(2)13-14(18)16(9-12(17)15-13)8-11-6-4-5-7-19-11/h10-11,13H,3-9H2,1-2H3,(H,15,17). The monoisotopic (exact) mass is 284 g/mol. The lowest BCUT2D eigenvalue weighted by Crippen LogP contribution is -2.61. The Labute approximate surface area is 119 Å². The molecule has 0 aliphatic carbocycles. The van der Waals surface area contributed by atoms with E-state index in [4.69, 9.17) is 0 Å². The van der Waals surface area contributed by atoms with Crippen LogP contribution in [0.25, 0.3) is 0 Å². The Hall–Kier alpha value is -0.710. The van der Waals surface area contributed by atoms with Crippen molar-refractivity contribution in [3.8, 4) is 0 Å². The maximum atomic E-state index is 12.4. The summed E-state index contributed by atoms with van der Waals surface area (Å²) in [5, 5.41) is 3.36. The third-order valence-corrected chi connectivity index (χ3v) is 5.52. The first-order valence-electron chi connectivity index (χ1n) is 7.31. The van der Waals surface area contributed by atoms with Gasteiger partial charge < -0.3 is 10.2 Å². The number of amides is 2. The van der Waals surface area contributed by atoms with E-state index in [1.807, 2.05) is 18.7 Å². The second kappa shape index (κ2) is 6.64. The third-order valence-electron chi connectivity index (χ3n) is 4.14. The molecule has 0 spiro atoms. The fraction of sp³-hybridized carbons (Fsp3) is 0.857. The van der Waals surface area contributed by atoms with E-state index in [0.717, 1.165) is 13.0 Å². The highest BCUT2D eigenvalue weighted by atomic mass is 32.2. The summed E-state index contributed by atoms with van der Waals surface area (Å²) >= 11 is 1.95. The van der Waals surface area contributed by atoms with Gasteiger partial charge in [-0.15, -0.1) is 0 Å². The minimum atomic E-state index is -0.320. The Bertz CT molecular complexity index is 342. The summed E-state index contributed by atoms with van der Waals surface area (Å²) in [6, 6.07) is -0.320. The minimum Gasteiger partial charge on any atom is -0.342 e. The topological polar surface area (TPSA) is 49.4 Å².